The van der Waals surface area contributed by atoms with Crippen molar-refractivity contribution in [2.75, 3.05) is 17.8 Å². The SMILES string of the molecule is CSc1cccc(N2Cc3ccccc3OCC2=O)c1. The fourth-order valence-corrected chi connectivity index (χ4v) is 2.72. The summed E-state index contributed by atoms with van der Waals surface area (Å²) in [6, 6.07) is 15.8. The number of ether oxygens (including phenoxy) is 1. The molecular weight excluding hydrogens is 270 g/mol. The largest absolute Gasteiger partial charge is 0.483 e. The zero-order chi connectivity index (χ0) is 13.9. The highest BCUT2D eigenvalue weighted by Gasteiger charge is 2.22. The van der Waals surface area contributed by atoms with Crippen molar-refractivity contribution in [2.45, 2.75) is 11.4 Å². The second-order valence-corrected chi connectivity index (χ2v) is 5.46. The summed E-state index contributed by atoms with van der Waals surface area (Å²) >= 11 is 1.67. The van der Waals surface area contributed by atoms with Crippen molar-refractivity contribution in [3.05, 3.63) is 54.1 Å². The second-order valence-electron chi connectivity index (χ2n) is 4.58. The highest BCUT2D eigenvalue weighted by molar-refractivity contribution is 7.98. The summed E-state index contributed by atoms with van der Waals surface area (Å²) in [6.45, 7) is 0.632. The lowest BCUT2D eigenvalue weighted by molar-refractivity contribution is -0.120. The van der Waals surface area contributed by atoms with Gasteiger partial charge in [0.15, 0.2) is 6.61 Å². The molecule has 0 saturated carbocycles. The minimum atomic E-state index is -0.0144. The summed E-state index contributed by atoms with van der Waals surface area (Å²) in [4.78, 5) is 15.2. The number of hydrogen-bond acceptors (Lipinski definition) is 3. The second kappa shape index (κ2) is 5.59. The maximum Gasteiger partial charge on any atom is 0.265 e. The van der Waals surface area contributed by atoms with E-state index in [0.717, 1.165) is 21.9 Å². The normalized spacial score (nSPS) is 14.4. The highest BCUT2D eigenvalue weighted by Crippen LogP contribution is 2.28. The predicted octanol–water partition coefficient (Wildman–Crippen LogP) is 3.33. The van der Waals surface area contributed by atoms with Crippen LogP contribution in [0.2, 0.25) is 0 Å². The molecule has 3 nitrogen and oxygen atoms in total. The van der Waals surface area contributed by atoms with Gasteiger partial charge in [-0.2, -0.15) is 0 Å². The van der Waals surface area contributed by atoms with Gasteiger partial charge in [-0.05, 0) is 30.5 Å². The Bertz CT molecular complexity index is 642. The van der Waals surface area contributed by atoms with E-state index < -0.39 is 0 Å². The van der Waals surface area contributed by atoms with Crippen molar-refractivity contribution in [3.63, 3.8) is 0 Å². The number of thioether (sulfide) groups is 1. The highest BCUT2D eigenvalue weighted by atomic mass is 32.2. The molecule has 102 valence electrons. The van der Waals surface area contributed by atoms with Crippen LogP contribution in [0.5, 0.6) is 5.75 Å². The first-order valence-corrected chi connectivity index (χ1v) is 7.65. The molecule has 0 spiro atoms. The van der Waals surface area contributed by atoms with Crippen LogP contribution in [0.25, 0.3) is 0 Å². The van der Waals surface area contributed by atoms with E-state index >= 15 is 0 Å². The molecular formula is C16H15NO2S. The van der Waals surface area contributed by atoms with Crippen molar-refractivity contribution in [3.8, 4) is 5.75 Å². The van der Waals surface area contributed by atoms with Crippen LogP contribution in [0, 0.1) is 0 Å². The van der Waals surface area contributed by atoms with Crippen LogP contribution in [-0.2, 0) is 11.3 Å². The maximum absolute atomic E-state index is 12.3. The van der Waals surface area contributed by atoms with E-state index in [1.807, 2.05) is 54.8 Å². The Morgan fingerprint density at radius 1 is 1.15 bits per heavy atom. The van der Waals surface area contributed by atoms with E-state index in [4.69, 9.17) is 4.74 Å². The standard InChI is InChI=1S/C16H15NO2S/c1-20-14-7-4-6-13(9-14)17-10-12-5-2-3-8-15(12)19-11-16(17)18/h2-9H,10-11H2,1H3. The molecule has 2 aromatic rings. The third-order valence-electron chi connectivity index (χ3n) is 3.32. The van der Waals surface area contributed by atoms with Gasteiger partial charge in [-0.1, -0.05) is 24.3 Å². The van der Waals surface area contributed by atoms with Gasteiger partial charge in [-0.25, -0.2) is 0 Å². The van der Waals surface area contributed by atoms with Gasteiger partial charge in [-0.3, -0.25) is 4.79 Å². The maximum atomic E-state index is 12.3. The minimum absolute atomic E-state index is 0.0144. The number of carbonyl (C=O) groups is 1. The lowest BCUT2D eigenvalue weighted by Crippen LogP contribution is -2.32. The molecule has 0 unspecified atom stereocenters. The number of nitrogens with zero attached hydrogens (tertiary/aromatic N) is 1. The first-order chi connectivity index (χ1) is 9.78. The number of rotatable bonds is 2. The molecule has 0 bridgehead atoms. The minimum Gasteiger partial charge on any atom is -0.483 e. The summed E-state index contributed by atoms with van der Waals surface area (Å²) < 4.78 is 5.57. The number of carbonyl (C=O) groups excluding carboxylic acids is 1. The van der Waals surface area contributed by atoms with Crippen LogP contribution in [-0.4, -0.2) is 18.8 Å². The molecule has 1 aliphatic heterocycles. The molecule has 0 N–H and O–H groups in total. The Morgan fingerprint density at radius 2 is 2.00 bits per heavy atom. The fraction of sp³-hybridized carbons (Fsp3) is 0.188. The molecule has 3 rings (SSSR count). The third kappa shape index (κ3) is 2.51. The number of amides is 1. The summed E-state index contributed by atoms with van der Waals surface area (Å²) in [7, 11) is 0. The monoisotopic (exact) mass is 285 g/mol. The molecule has 1 amide bonds. The average Bonchev–Trinajstić information content (AvgIpc) is 2.67. The molecule has 0 aromatic heterocycles. The number of para-hydroxylation sites is 1. The molecule has 0 fully saturated rings. The molecule has 0 radical (unpaired) electrons. The molecule has 1 aliphatic rings. The molecule has 0 saturated heterocycles. The molecule has 4 heteroatoms. The van der Waals surface area contributed by atoms with Crippen LogP contribution in [0.15, 0.2) is 53.4 Å². The average molecular weight is 285 g/mol. The molecule has 20 heavy (non-hydrogen) atoms. The van der Waals surface area contributed by atoms with Crippen molar-refractivity contribution in [1.82, 2.24) is 0 Å². The van der Waals surface area contributed by atoms with Crippen LogP contribution in [0.3, 0.4) is 0 Å². The third-order valence-corrected chi connectivity index (χ3v) is 4.04. The van der Waals surface area contributed by atoms with Gasteiger partial charge in [0.2, 0.25) is 0 Å². The van der Waals surface area contributed by atoms with Gasteiger partial charge in [0, 0.05) is 16.1 Å². The first-order valence-electron chi connectivity index (χ1n) is 6.43. The van der Waals surface area contributed by atoms with Crippen molar-refractivity contribution >= 4 is 23.4 Å². The van der Waals surface area contributed by atoms with Crippen LogP contribution in [0.1, 0.15) is 5.56 Å². The number of benzene rings is 2. The summed E-state index contributed by atoms with van der Waals surface area (Å²) in [5.41, 5.74) is 1.95. The van der Waals surface area contributed by atoms with Crippen LogP contribution < -0.4 is 9.64 Å². The van der Waals surface area contributed by atoms with Gasteiger partial charge in [0.25, 0.3) is 5.91 Å². The van der Waals surface area contributed by atoms with Gasteiger partial charge in [0.05, 0.1) is 6.54 Å². The first kappa shape index (κ1) is 13.1. The van der Waals surface area contributed by atoms with Crippen LogP contribution in [0.4, 0.5) is 5.69 Å². The summed E-state index contributed by atoms with van der Waals surface area (Å²) in [5, 5.41) is 0. The van der Waals surface area contributed by atoms with Crippen LogP contribution >= 0.6 is 11.8 Å². The van der Waals surface area contributed by atoms with Gasteiger partial charge in [0.1, 0.15) is 5.75 Å². The van der Waals surface area contributed by atoms with E-state index in [9.17, 15) is 4.79 Å². The Balaban J connectivity index is 1.97. The smallest absolute Gasteiger partial charge is 0.265 e. The Labute approximate surface area is 122 Å². The van der Waals surface area contributed by atoms with Crippen molar-refractivity contribution < 1.29 is 9.53 Å². The lowest BCUT2D eigenvalue weighted by atomic mass is 10.2. The Morgan fingerprint density at radius 3 is 2.85 bits per heavy atom. The van der Waals surface area contributed by atoms with E-state index in [1.54, 1.807) is 16.7 Å². The van der Waals surface area contributed by atoms with Crippen molar-refractivity contribution in [2.24, 2.45) is 0 Å². The predicted molar refractivity (Wildman–Crippen MR) is 81.4 cm³/mol. The Hall–Kier alpha value is -1.94. The topological polar surface area (TPSA) is 29.5 Å². The zero-order valence-electron chi connectivity index (χ0n) is 11.2. The summed E-state index contributed by atoms with van der Waals surface area (Å²) in [5.74, 6) is 0.781. The van der Waals surface area contributed by atoms with E-state index in [2.05, 4.69) is 0 Å². The number of anilines is 1. The van der Waals surface area contributed by atoms with Gasteiger partial charge >= 0.3 is 0 Å². The van der Waals surface area contributed by atoms with E-state index in [1.165, 1.54) is 0 Å². The quantitative estimate of drug-likeness (QED) is 0.793. The van der Waals surface area contributed by atoms with Crippen molar-refractivity contribution in [1.29, 1.82) is 0 Å². The number of fused-ring (bicyclic) bond motifs is 1. The molecule has 0 atom stereocenters. The zero-order valence-corrected chi connectivity index (χ0v) is 12.0. The molecule has 0 aliphatic carbocycles. The lowest BCUT2D eigenvalue weighted by Gasteiger charge is -2.20. The van der Waals surface area contributed by atoms with Gasteiger partial charge < -0.3 is 9.64 Å². The Kier molecular flexibility index (Phi) is 3.65. The molecule has 1 heterocycles. The summed E-state index contributed by atoms with van der Waals surface area (Å²) in [6.07, 6.45) is 2.03. The van der Waals surface area contributed by atoms with Gasteiger partial charge in [-0.15, -0.1) is 11.8 Å². The van der Waals surface area contributed by atoms with E-state index in [0.29, 0.717) is 6.54 Å². The van der Waals surface area contributed by atoms with E-state index in [-0.39, 0.29) is 12.5 Å². The molecule has 2 aromatic carbocycles. The number of hydrogen-bond donors (Lipinski definition) is 0. The fourth-order valence-electron chi connectivity index (χ4n) is 2.26.